The molecule has 1 heterocycles. The van der Waals surface area contributed by atoms with Crippen molar-refractivity contribution in [1.82, 2.24) is 4.31 Å². The number of benzene rings is 1. The SMILES string of the molecule is CC1CN(S(=O)(=O)Cc2cccc(CN)c2)CCS1. The Bertz CT molecular complexity index is 531. The third kappa shape index (κ3) is 3.95. The Hall–Kier alpha value is -0.560. The van der Waals surface area contributed by atoms with Gasteiger partial charge in [0.15, 0.2) is 0 Å². The molecule has 1 fully saturated rings. The van der Waals surface area contributed by atoms with Crippen molar-refractivity contribution in [3.8, 4) is 0 Å². The van der Waals surface area contributed by atoms with Crippen molar-refractivity contribution < 1.29 is 8.42 Å². The van der Waals surface area contributed by atoms with E-state index in [1.54, 1.807) is 4.31 Å². The molecule has 0 bridgehead atoms. The van der Waals surface area contributed by atoms with E-state index in [1.807, 2.05) is 36.0 Å². The first-order chi connectivity index (χ1) is 9.01. The summed E-state index contributed by atoms with van der Waals surface area (Å²) in [4.78, 5) is 0. The Morgan fingerprint density at radius 1 is 1.42 bits per heavy atom. The van der Waals surface area contributed by atoms with Crippen molar-refractivity contribution in [2.75, 3.05) is 18.8 Å². The number of thioether (sulfide) groups is 1. The quantitative estimate of drug-likeness (QED) is 0.913. The van der Waals surface area contributed by atoms with Crippen molar-refractivity contribution >= 4 is 21.8 Å². The summed E-state index contributed by atoms with van der Waals surface area (Å²) in [6, 6.07) is 7.50. The van der Waals surface area contributed by atoms with Gasteiger partial charge in [-0.1, -0.05) is 31.2 Å². The molecule has 1 aromatic rings. The van der Waals surface area contributed by atoms with E-state index in [1.165, 1.54) is 0 Å². The lowest BCUT2D eigenvalue weighted by Crippen LogP contribution is -2.41. The predicted molar refractivity (Wildman–Crippen MR) is 80.5 cm³/mol. The van der Waals surface area contributed by atoms with E-state index < -0.39 is 10.0 Å². The highest BCUT2D eigenvalue weighted by Gasteiger charge is 2.27. The van der Waals surface area contributed by atoms with Gasteiger partial charge in [-0.15, -0.1) is 0 Å². The van der Waals surface area contributed by atoms with Gasteiger partial charge in [0.25, 0.3) is 0 Å². The first-order valence-electron chi connectivity index (χ1n) is 6.38. The molecule has 2 rings (SSSR count). The second-order valence-electron chi connectivity index (χ2n) is 4.82. The van der Waals surface area contributed by atoms with E-state index >= 15 is 0 Å². The molecule has 6 heteroatoms. The maximum atomic E-state index is 12.4. The fourth-order valence-electron chi connectivity index (χ4n) is 2.19. The van der Waals surface area contributed by atoms with Crippen molar-refractivity contribution in [2.24, 2.45) is 5.73 Å². The highest BCUT2D eigenvalue weighted by Crippen LogP contribution is 2.22. The molecule has 4 nitrogen and oxygen atoms in total. The van der Waals surface area contributed by atoms with E-state index in [9.17, 15) is 8.42 Å². The van der Waals surface area contributed by atoms with Gasteiger partial charge in [0.05, 0.1) is 5.75 Å². The van der Waals surface area contributed by atoms with Crippen LogP contribution < -0.4 is 5.73 Å². The van der Waals surface area contributed by atoms with Gasteiger partial charge in [-0.05, 0) is 11.1 Å². The average Bonchev–Trinajstić information content (AvgIpc) is 2.38. The van der Waals surface area contributed by atoms with Gasteiger partial charge >= 0.3 is 0 Å². The lowest BCUT2D eigenvalue weighted by atomic mass is 10.1. The van der Waals surface area contributed by atoms with Crippen LogP contribution in [0.1, 0.15) is 18.1 Å². The number of hydrogen-bond acceptors (Lipinski definition) is 4. The van der Waals surface area contributed by atoms with Crippen molar-refractivity contribution in [2.45, 2.75) is 24.5 Å². The van der Waals surface area contributed by atoms with Crippen LogP contribution in [0.2, 0.25) is 0 Å². The zero-order valence-electron chi connectivity index (χ0n) is 11.1. The molecule has 0 radical (unpaired) electrons. The molecule has 106 valence electrons. The van der Waals surface area contributed by atoms with Gasteiger partial charge in [0.2, 0.25) is 10.0 Å². The summed E-state index contributed by atoms with van der Waals surface area (Å²) in [6.45, 7) is 3.74. The Balaban J connectivity index is 2.11. The van der Waals surface area contributed by atoms with Gasteiger partial charge < -0.3 is 5.73 Å². The molecule has 0 saturated carbocycles. The first kappa shape index (κ1) is 14.8. The summed E-state index contributed by atoms with van der Waals surface area (Å²) in [5, 5.41) is 0.374. The highest BCUT2D eigenvalue weighted by atomic mass is 32.2. The molecule has 0 aliphatic carbocycles. The Morgan fingerprint density at radius 2 is 2.16 bits per heavy atom. The zero-order valence-corrected chi connectivity index (χ0v) is 12.7. The number of sulfonamides is 1. The third-order valence-corrected chi connectivity index (χ3v) is 6.13. The van der Waals surface area contributed by atoms with Crippen LogP contribution in [0.3, 0.4) is 0 Å². The predicted octanol–water partition coefficient (Wildman–Crippen LogP) is 1.41. The molecule has 1 atom stereocenters. The van der Waals surface area contributed by atoms with Crippen LogP contribution in [0.5, 0.6) is 0 Å². The van der Waals surface area contributed by atoms with Crippen LogP contribution in [-0.2, 0) is 22.3 Å². The molecule has 2 N–H and O–H groups in total. The molecule has 0 aromatic heterocycles. The summed E-state index contributed by atoms with van der Waals surface area (Å²) >= 11 is 1.83. The summed E-state index contributed by atoms with van der Waals surface area (Å²) in [6.07, 6.45) is 0. The van der Waals surface area contributed by atoms with E-state index in [4.69, 9.17) is 5.73 Å². The minimum Gasteiger partial charge on any atom is -0.326 e. The average molecular weight is 300 g/mol. The maximum absolute atomic E-state index is 12.4. The molecule has 1 unspecified atom stereocenters. The van der Waals surface area contributed by atoms with Crippen molar-refractivity contribution in [1.29, 1.82) is 0 Å². The standard InChI is InChI=1S/C13H20N2O2S2/c1-11-9-15(5-6-18-11)19(16,17)10-13-4-2-3-12(7-13)8-14/h2-4,7,11H,5-6,8-10,14H2,1H3. The fraction of sp³-hybridized carbons (Fsp3) is 0.538. The fourth-order valence-corrected chi connectivity index (χ4v) is 5.01. The molecule has 1 aliphatic rings. The normalized spacial score (nSPS) is 21.5. The molecule has 1 saturated heterocycles. The number of nitrogens with zero attached hydrogens (tertiary/aromatic N) is 1. The lowest BCUT2D eigenvalue weighted by molar-refractivity contribution is 0.423. The molecular weight excluding hydrogens is 280 g/mol. The molecule has 1 aromatic carbocycles. The van der Waals surface area contributed by atoms with Crippen LogP contribution in [-0.4, -0.2) is 36.8 Å². The smallest absolute Gasteiger partial charge is 0.218 e. The Morgan fingerprint density at radius 3 is 2.84 bits per heavy atom. The number of nitrogens with two attached hydrogens (primary N) is 1. The van der Waals surface area contributed by atoms with Gasteiger partial charge in [-0.2, -0.15) is 16.1 Å². The van der Waals surface area contributed by atoms with E-state index in [0.29, 0.717) is 24.9 Å². The van der Waals surface area contributed by atoms with E-state index in [-0.39, 0.29) is 5.75 Å². The summed E-state index contributed by atoms with van der Waals surface area (Å²) < 4.78 is 26.4. The van der Waals surface area contributed by atoms with Gasteiger partial charge in [0, 0.05) is 30.6 Å². The van der Waals surface area contributed by atoms with Gasteiger partial charge in [0.1, 0.15) is 0 Å². The third-order valence-electron chi connectivity index (χ3n) is 3.17. The zero-order chi connectivity index (χ0) is 13.9. The van der Waals surface area contributed by atoms with Crippen LogP contribution in [0.15, 0.2) is 24.3 Å². The van der Waals surface area contributed by atoms with Crippen LogP contribution >= 0.6 is 11.8 Å². The largest absolute Gasteiger partial charge is 0.326 e. The van der Waals surface area contributed by atoms with Crippen molar-refractivity contribution in [3.63, 3.8) is 0 Å². The van der Waals surface area contributed by atoms with Crippen LogP contribution in [0, 0.1) is 0 Å². The minimum absolute atomic E-state index is 0.0677. The monoisotopic (exact) mass is 300 g/mol. The Kier molecular flexibility index (Phi) is 4.89. The molecule has 0 spiro atoms. The van der Waals surface area contributed by atoms with Gasteiger partial charge in [-0.3, -0.25) is 0 Å². The van der Waals surface area contributed by atoms with Crippen LogP contribution in [0.25, 0.3) is 0 Å². The topological polar surface area (TPSA) is 63.4 Å². The summed E-state index contributed by atoms with van der Waals surface area (Å²) in [5.74, 6) is 0.946. The Labute approximate surface area is 119 Å². The van der Waals surface area contributed by atoms with Gasteiger partial charge in [-0.25, -0.2) is 8.42 Å². The molecule has 19 heavy (non-hydrogen) atoms. The second-order valence-corrected chi connectivity index (χ2v) is 8.33. The maximum Gasteiger partial charge on any atom is 0.218 e. The second kappa shape index (κ2) is 6.26. The van der Waals surface area contributed by atoms with E-state index in [2.05, 4.69) is 6.92 Å². The summed E-state index contributed by atoms with van der Waals surface area (Å²) in [7, 11) is -3.22. The summed E-state index contributed by atoms with van der Waals surface area (Å²) in [5.41, 5.74) is 7.36. The molecular formula is C13H20N2O2S2. The molecule has 0 amide bonds. The first-order valence-corrected chi connectivity index (χ1v) is 9.04. The van der Waals surface area contributed by atoms with Crippen LogP contribution in [0.4, 0.5) is 0 Å². The van der Waals surface area contributed by atoms with E-state index in [0.717, 1.165) is 16.9 Å². The number of hydrogen-bond donors (Lipinski definition) is 1. The minimum atomic E-state index is -3.22. The van der Waals surface area contributed by atoms with Crippen molar-refractivity contribution in [3.05, 3.63) is 35.4 Å². The highest BCUT2D eigenvalue weighted by molar-refractivity contribution is 8.00. The molecule has 1 aliphatic heterocycles. The lowest BCUT2D eigenvalue weighted by Gasteiger charge is -2.29. The number of rotatable bonds is 4.